The first-order valence-corrected chi connectivity index (χ1v) is 5.68. The largest absolute Gasteiger partial charge is 1.00 e. The topological polar surface area (TPSA) is 175 Å². The number of aliphatic hydroxyl groups is 2. The van der Waals surface area contributed by atoms with E-state index in [-0.39, 0.29) is 65.7 Å². The molecule has 0 amide bonds. The van der Waals surface area contributed by atoms with Gasteiger partial charge in [0.1, 0.15) is 5.25 Å². The Kier molecular flexibility index (Phi) is 20.3. The molecule has 0 aliphatic carbocycles. The van der Waals surface area contributed by atoms with E-state index in [0.717, 1.165) is 0 Å². The Morgan fingerprint density at radius 3 is 1.58 bits per heavy atom. The van der Waals surface area contributed by atoms with E-state index >= 15 is 0 Å². The van der Waals surface area contributed by atoms with Crippen molar-refractivity contribution < 1.29 is 102 Å². The van der Waals surface area contributed by atoms with Crippen molar-refractivity contribution in [2.75, 3.05) is 6.61 Å². The van der Waals surface area contributed by atoms with Gasteiger partial charge < -0.3 is 30.0 Å². The third-order valence-electron chi connectivity index (χ3n) is 1.24. The molecule has 0 saturated carbocycles. The summed E-state index contributed by atoms with van der Waals surface area (Å²) in [5.74, 6) is -4.08. The molecule has 0 saturated heterocycles. The van der Waals surface area contributed by atoms with E-state index in [1.165, 1.54) is 6.92 Å². The Morgan fingerprint density at radius 2 is 1.53 bits per heavy atom. The Bertz CT molecular complexity index is 354. The number of carboxylic acid groups (broad SMARTS) is 2. The molecule has 12 heteroatoms. The van der Waals surface area contributed by atoms with E-state index in [9.17, 15) is 28.2 Å². The maximum Gasteiger partial charge on any atom is 1.00 e. The van der Waals surface area contributed by atoms with E-state index in [0.29, 0.717) is 0 Å². The maximum absolute atomic E-state index is 10.2. The molecule has 2 unspecified atom stereocenters. The predicted octanol–water partition coefficient (Wildman–Crippen LogP) is -10.5. The summed E-state index contributed by atoms with van der Waals surface area (Å²) < 4.78 is 28.5. The summed E-state index contributed by atoms with van der Waals surface area (Å²) in [6.45, 7) is 1.39. The zero-order valence-corrected chi connectivity index (χ0v) is 15.6. The molecule has 0 aromatic heterocycles. The van der Waals surface area contributed by atoms with Crippen LogP contribution in [0.2, 0.25) is 0 Å². The van der Waals surface area contributed by atoms with Gasteiger partial charge in [0, 0.05) is 12.4 Å². The molecule has 19 heavy (non-hydrogen) atoms. The van der Waals surface area contributed by atoms with Crippen LogP contribution in [-0.2, 0) is 19.7 Å². The molecule has 0 fully saturated rings. The van der Waals surface area contributed by atoms with Gasteiger partial charge in [-0.05, 0) is 6.92 Å². The van der Waals surface area contributed by atoms with Gasteiger partial charge in [-0.2, -0.15) is 8.42 Å². The van der Waals surface area contributed by atoms with E-state index < -0.39 is 39.8 Å². The van der Waals surface area contributed by atoms with Crippen LogP contribution >= 0.6 is 0 Å². The van der Waals surface area contributed by atoms with Crippen molar-refractivity contribution in [1.29, 1.82) is 0 Å². The van der Waals surface area contributed by atoms with Gasteiger partial charge in [0.15, 0.2) is 0 Å². The normalized spacial score (nSPS) is 12.6. The SMILES string of the molecule is CC(O)CO.O=C([O-])CC(C(=O)[O-])S(=O)(=O)O.[Na+].[Na+]. The summed E-state index contributed by atoms with van der Waals surface area (Å²) in [4.78, 5) is 19.7. The second-order valence-electron chi connectivity index (χ2n) is 2.93. The van der Waals surface area contributed by atoms with Crippen LogP contribution < -0.4 is 69.3 Å². The van der Waals surface area contributed by atoms with Crippen LogP contribution in [0.15, 0.2) is 0 Å². The van der Waals surface area contributed by atoms with E-state index in [2.05, 4.69) is 0 Å². The quantitative estimate of drug-likeness (QED) is 0.328. The molecule has 0 aromatic rings. The van der Waals surface area contributed by atoms with Gasteiger partial charge in [-0.15, -0.1) is 0 Å². The average Bonchev–Trinajstić information content (AvgIpc) is 2.12. The fourth-order valence-electron chi connectivity index (χ4n) is 0.462. The average molecular weight is 318 g/mol. The summed E-state index contributed by atoms with van der Waals surface area (Å²) in [5.41, 5.74) is 0. The monoisotopic (exact) mass is 318 g/mol. The van der Waals surface area contributed by atoms with Crippen LogP contribution in [0, 0.1) is 0 Å². The van der Waals surface area contributed by atoms with Crippen molar-refractivity contribution in [1.82, 2.24) is 0 Å². The summed E-state index contributed by atoms with van der Waals surface area (Å²) >= 11 is 0. The Balaban J connectivity index is -0.000000139. The van der Waals surface area contributed by atoms with Gasteiger partial charge in [-0.25, -0.2) is 0 Å². The van der Waals surface area contributed by atoms with Gasteiger partial charge >= 0.3 is 59.1 Å². The number of aliphatic carboxylic acids is 2. The smallest absolute Gasteiger partial charge is 0.550 e. The molecule has 102 valence electrons. The van der Waals surface area contributed by atoms with Crippen molar-refractivity contribution in [3.05, 3.63) is 0 Å². The first-order chi connectivity index (χ1) is 7.52. The third kappa shape index (κ3) is 18.8. The Morgan fingerprint density at radius 1 is 1.21 bits per heavy atom. The number of aliphatic hydroxyl groups excluding tert-OH is 2. The first kappa shape index (κ1) is 28.0. The molecule has 2 atom stereocenters. The van der Waals surface area contributed by atoms with E-state index in [1.54, 1.807) is 0 Å². The second kappa shape index (κ2) is 13.7. The fraction of sp³-hybridized carbons (Fsp3) is 0.714. The second-order valence-corrected chi connectivity index (χ2v) is 4.53. The van der Waals surface area contributed by atoms with Crippen LogP contribution in [0.25, 0.3) is 0 Å². The standard InChI is InChI=1S/C4H6O7S.C3H8O2.2Na/c5-3(6)1-2(4(7)8)12(9,10)11;1-3(5)2-4;;/h2H,1H2,(H,5,6)(H,7,8)(H,9,10,11);3-5H,2H2,1H3;;/q;;2*+1/p-2. The zero-order valence-electron chi connectivity index (χ0n) is 10.8. The number of rotatable bonds is 5. The molecule has 0 radical (unpaired) electrons. The minimum absolute atomic E-state index is 0. The van der Waals surface area contributed by atoms with Gasteiger partial charge in [0.25, 0.3) is 10.1 Å². The number of carbonyl (C=O) groups excluding carboxylic acids is 2. The zero-order chi connectivity index (χ0) is 14.2. The molecule has 0 rings (SSSR count). The molecular weight excluding hydrogens is 306 g/mol. The summed E-state index contributed by atoms with van der Waals surface area (Å²) in [6, 6.07) is 0. The summed E-state index contributed by atoms with van der Waals surface area (Å²) in [5, 5.41) is 33.3. The minimum Gasteiger partial charge on any atom is -0.550 e. The molecule has 0 aliphatic heterocycles. The molecule has 0 aliphatic rings. The fourth-order valence-corrected chi connectivity index (χ4v) is 1.05. The predicted molar refractivity (Wildman–Crippen MR) is 48.7 cm³/mol. The van der Waals surface area contributed by atoms with Crippen molar-refractivity contribution in [2.24, 2.45) is 0 Å². The van der Waals surface area contributed by atoms with Crippen LogP contribution in [0.5, 0.6) is 0 Å². The Hall–Kier alpha value is 0.770. The van der Waals surface area contributed by atoms with Crippen LogP contribution in [0.1, 0.15) is 13.3 Å². The van der Waals surface area contributed by atoms with Gasteiger partial charge in [-0.3, -0.25) is 4.55 Å². The maximum atomic E-state index is 10.2. The number of hydrogen-bond acceptors (Lipinski definition) is 8. The van der Waals surface area contributed by atoms with Crippen molar-refractivity contribution >= 4 is 22.1 Å². The molecule has 3 N–H and O–H groups in total. The van der Waals surface area contributed by atoms with Crippen molar-refractivity contribution in [2.45, 2.75) is 24.7 Å². The van der Waals surface area contributed by atoms with Gasteiger partial charge in [0.2, 0.25) is 0 Å². The summed E-state index contributed by atoms with van der Waals surface area (Å²) in [7, 11) is -4.94. The molecule has 0 aromatic carbocycles. The Labute approximate surface area is 154 Å². The van der Waals surface area contributed by atoms with Crippen molar-refractivity contribution in [3.8, 4) is 0 Å². The molecule has 0 heterocycles. The van der Waals surface area contributed by atoms with Crippen LogP contribution in [0.3, 0.4) is 0 Å². The van der Waals surface area contributed by atoms with Crippen LogP contribution in [0.4, 0.5) is 0 Å². The first-order valence-electron chi connectivity index (χ1n) is 4.18. The van der Waals surface area contributed by atoms with Crippen LogP contribution in [-0.4, -0.2) is 53.1 Å². The van der Waals surface area contributed by atoms with Gasteiger partial charge in [-0.1, -0.05) is 0 Å². The third-order valence-corrected chi connectivity index (χ3v) is 2.32. The van der Waals surface area contributed by atoms with Crippen molar-refractivity contribution in [3.63, 3.8) is 0 Å². The number of carboxylic acids is 2. The molecule has 9 nitrogen and oxygen atoms in total. The van der Waals surface area contributed by atoms with E-state index in [1.807, 2.05) is 0 Å². The number of hydrogen-bond donors (Lipinski definition) is 3. The summed E-state index contributed by atoms with van der Waals surface area (Å²) in [6.07, 6.45) is -1.89. The number of carbonyl (C=O) groups is 2. The van der Waals surface area contributed by atoms with E-state index in [4.69, 9.17) is 14.8 Å². The minimum atomic E-state index is -4.94. The molecule has 0 bridgehead atoms. The molecule has 0 spiro atoms. The van der Waals surface area contributed by atoms with Gasteiger partial charge in [0.05, 0.1) is 18.7 Å². The molecular formula is C7H12Na2O9S.